The van der Waals surface area contributed by atoms with Crippen LogP contribution in [0.15, 0.2) is 0 Å². The van der Waals surface area contributed by atoms with Crippen LogP contribution in [0.4, 0.5) is 0 Å². The molecule has 6 nitrogen and oxygen atoms in total. The first kappa shape index (κ1) is 17.4. The highest BCUT2D eigenvalue weighted by Gasteiger charge is 2.36. The first-order chi connectivity index (χ1) is 9.30. The van der Waals surface area contributed by atoms with Gasteiger partial charge in [-0.3, -0.25) is 4.79 Å². The van der Waals surface area contributed by atoms with E-state index in [-0.39, 0.29) is 49.1 Å². The molecule has 0 aromatic heterocycles. The van der Waals surface area contributed by atoms with Gasteiger partial charge in [-0.1, -0.05) is 13.8 Å². The van der Waals surface area contributed by atoms with E-state index in [1.807, 2.05) is 13.8 Å². The number of carbonyl (C=O) groups is 1. The van der Waals surface area contributed by atoms with E-state index in [9.17, 15) is 13.2 Å². The maximum Gasteiger partial charge on any atom is 0.227 e. The second kappa shape index (κ2) is 7.38. The summed E-state index contributed by atoms with van der Waals surface area (Å²) in [6.07, 6.45) is 1.13. The van der Waals surface area contributed by atoms with Gasteiger partial charge < -0.3 is 15.7 Å². The van der Waals surface area contributed by atoms with Crippen molar-refractivity contribution in [2.24, 2.45) is 17.6 Å². The smallest absolute Gasteiger partial charge is 0.227 e. The van der Waals surface area contributed by atoms with Crippen molar-refractivity contribution in [2.75, 3.05) is 31.2 Å². The Morgan fingerprint density at radius 2 is 2.10 bits per heavy atom. The predicted molar refractivity (Wildman–Crippen MR) is 77.9 cm³/mol. The third kappa shape index (κ3) is 4.71. The molecule has 0 radical (unpaired) electrons. The fourth-order valence-electron chi connectivity index (χ4n) is 2.70. The monoisotopic (exact) mass is 306 g/mol. The summed E-state index contributed by atoms with van der Waals surface area (Å²) < 4.78 is 23.1. The Bertz CT molecular complexity index is 422. The van der Waals surface area contributed by atoms with Crippen LogP contribution in [0.3, 0.4) is 0 Å². The Labute approximate surface area is 121 Å². The van der Waals surface area contributed by atoms with Crippen molar-refractivity contribution >= 4 is 15.7 Å². The fourth-order valence-corrected chi connectivity index (χ4v) is 4.43. The van der Waals surface area contributed by atoms with Gasteiger partial charge in [0.25, 0.3) is 0 Å². The average Bonchev–Trinajstić information content (AvgIpc) is 2.72. The molecule has 118 valence electrons. The Morgan fingerprint density at radius 1 is 1.45 bits per heavy atom. The molecule has 0 bridgehead atoms. The van der Waals surface area contributed by atoms with Gasteiger partial charge in [0.05, 0.1) is 24.0 Å². The van der Waals surface area contributed by atoms with Crippen LogP contribution in [0.25, 0.3) is 0 Å². The van der Waals surface area contributed by atoms with Gasteiger partial charge in [-0.05, 0) is 18.8 Å². The van der Waals surface area contributed by atoms with Crippen molar-refractivity contribution < 1.29 is 18.3 Å². The molecule has 0 spiro atoms. The van der Waals surface area contributed by atoms with E-state index >= 15 is 0 Å². The number of carbonyl (C=O) groups excluding carboxylic acids is 1. The molecule has 3 N–H and O–H groups in total. The maximum absolute atomic E-state index is 12.5. The SMILES string of the molecule is CC(C)CC(CN)C(=O)N(CCO)C1CCS(=O)(=O)C1. The number of rotatable bonds is 7. The minimum Gasteiger partial charge on any atom is -0.395 e. The topological polar surface area (TPSA) is 101 Å². The molecule has 0 aliphatic carbocycles. The quantitative estimate of drug-likeness (QED) is 0.667. The molecule has 2 atom stereocenters. The average molecular weight is 306 g/mol. The molecule has 1 amide bonds. The molecule has 1 rings (SSSR count). The van der Waals surface area contributed by atoms with E-state index in [0.29, 0.717) is 18.8 Å². The lowest BCUT2D eigenvalue weighted by atomic mass is 9.95. The first-order valence-corrected chi connectivity index (χ1v) is 8.94. The molecule has 7 heteroatoms. The summed E-state index contributed by atoms with van der Waals surface area (Å²) in [6, 6.07) is -0.319. The van der Waals surface area contributed by atoms with Gasteiger partial charge in [-0.2, -0.15) is 0 Å². The van der Waals surface area contributed by atoms with Gasteiger partial charge in [0.2, 0.25) is 5.91 Å². The van der Waals surface area contributed by atoms with E-state index in [1.165, 1.54) is 4.90 Å². The normalized spacial score (nSPS) is 22.9. The highest BCUT2D eigenvalue weighted by Crippen LogP contribution is 2.21. The molecule has 0 aromatic carbocycles. The number of aliphatic hydroxyl groups excluding tert-OH is 1. The Morgan fingerprint density at radius 3 is 2.50 bits per heavy atom. The zero-order chi connectivity index (χ0) is 15.3. The molecule has 1 aliphatic heterocycles. The Kier molecular flexibility index (Phi) is 6.42. The van der Waals surface area contributed by atoms with Crippen LogP contribution < -0.4 is 5.73 Å². The number of hydrogen-bond donors (Lipinski definition) is 2. The van der Waals surface area contributed by atoms with Gasteiger partial charge in [-0.25, -0.2) is 8.42 Å². The zero-order valence-corrected chi connectivity index (χ0v) is 13.1. The lowest BCUT2D eigenvalue weighted by molar-refractivity contribution is -0.138. The lowest BCUT2D eigenvalue weighted by Gasteiger charge is -2.31. The van der Waals surface area contributed by atoms with E-state index < -0.39 is 9.84 Å². The number of sulfone groups is 1. The number of aliphatic hydroxyl groups is 1. The molecule has 1 heterocycles. The fraction of sp³-hybridized carbons (Fsp3) is 0.923. The third-order valence-electron chi connectivity index (χ3n) is 3.66. The minimum atomic E-state index is -3.05. The summed E-state index contributed by atoms with van der Waals surface area (Å²) in [7, 11) is -3.05. The van der Waals surface area contributed by atoms with E-state index in [1.54, 1.807) is 0 Å². The van der Waals surface area contributed by atoms with Crippen LogP contribution in [0.2, 0.25) is 0 Å². The summed E-state index contributed by atoms with van der Waals surface area (Å²) in [5.41, 5.74) is 5.68. The predicted octanol–water partition coefficient (Wildman–Crippen LogP) is -0.385. The van der Waals surface area contributed by atoms with Crippen LogP contribution in [0, 0.1) is 11.8 Å². The van der Waals surface area contributed by atoms with Crippen LogP contribution in [0.5, 0.6) is 0 Å². The number of nitrogens with zero attached hydrogens (tertiary/aromatic N) is 1. The van der Waals surface area contributed by atoms with Gasteiger partial charge >= 0.3 is 0 Å². The largest absolute Gasteiger partial charge is 0.395 e. The molecular formula is C13H26N2O4S. The van der Waals surface area contributed by atoms with Crippen molar-refractivity contribution in [3.63, 3.8) is 0 Å². The van der Waals surface area contributed by atoms with E-state index in [4.69, 9.17) is 10.8 Å². The van der Waals surface area contributed by atoms with Crippen molar-refractivity contribution in [3.8, 4) is 0 Å². The third-order valence-corrected chi connectivity index (χ3v) is 5.41. The second-order valence-electron chi connectivity index (χ2n) is 5.87. The van der Waals surface area contributed by atoms with Crippen molar-refractivity contribution in [1.29, 1.82) is 0 Å². The summed E-state index contributed by atoms with van der Waals surface area (Å²) in [5.74, 6) is 0.0280. The maximum atomic E-state index is 12.5. The Balaban J connectivity index is 2.81. The van der Waals surface area contributed by atoms with Crippen LogP contribution in [-0.4, -0.2) is 61.6 Å². The van der Waals surface area contributed by atoms with Gasteiger partial charge in [0, 0.05) is 19.1 Å². The minimum absolute atomic E-state index is 0.00227. The zero-order valence-electron chi connectivity index (χ0n) is 12.3. The van der Waals surface area contributed by atoms with Crippen LogP contribution >= 0.6 is 0 Å². The second-order valence-corrected chi connectivity index (χ2v) is 8.10. The molecule has 20 heavy (non-hydrogen) atoms. The van der Waals surface area contributed by atoms with Gasteiger partial charge in [-0.15, -0.1) is 0 Å². The standard InChI is InChI=1S/C13H26N2O4S/c1-10(2)7-11(8-14)13(17)15(4-5-16)12-3-6-20(18,19)9-12/h10-12,16H,3-9,14H2,1-2H3. The lowest BCUT2D eigenvalue weighted by Crippen LogP contribution is -2.47. The summed E-state index contributed by atoms with van der Waals surface area (Å²) >= 11 is 0. The summed E-state index contributed by atoms with van der Waals surface area (Å²) in [5, 5.41) is 9.14. The molecule has 0 saturated carbocycles. The van der Waals surface area contributed by atoms with E-state index in [0.717, 1.165) is 0 Å². The molecular weight excluding hydrogens is 280 g/mol. The van der Waals surface area contributed by atoms with Crippen LogP contribution in [-0.2, 0) is 14.6 Å². The number of hydrogen-bond acceptors (Lipinski definition) is 5. The Hall–Kier alpha value is -0.660. The molecule has 1 saturated heterocycles. The first-order valence-electron chi connectivity index (χ1n) is 7.12. The molecule has 1 aliphatic rings. The van der Waals surface area contributed by atoms with Crippen molar-refractivity contribution in [3.05, 3.63) is 0 Å². The highest BCUT2D eigenvalue weighted by molar-refractivity contribution is 7.91. The number of nitrogens with two attached hydrogens (primary N) is 1. The van der Waals surface area contributed by atoms with E-state index in [2.05, 4.69) is 0 Å². The van der Waals surface area contributed by atoms with Gasteiger partial charge in [0.1, 0.15) is 0 Å². The van der Waals surface area contributed by atoms with Crippen molar-refractivity contribution in [1.82, 2.24) is 4.90 Å². The van der Waals surface area contributed by atoms with Crippen molar-refractivity contribution in [2.45, 2.75) is 32.7 Å². The van der Waals surface area contributed by atoms with Gasteiger partial charge in [0.15, 0.2) is 9.84 Å². The summed E-state index contributed by atoms with van der Waals surface area (Å²) in [4.78, 5) is 14.1. The molecule has 2 unspecified atom stereocenters. The highest BCUT2D eigenvalue weighted by atomic mass is 32.2. The number of amides is 1. The molecule has 1 fully saturated rings. The summed E-state index contributed by atoms with van der Waals surface area (Å²) in [6.45, 7) is 4.30. The van der Waals surface area contributed by atoms with Crippen LogP contribution in [0.1, 0.15) is 26.7 Å². The molecule has 0 aromatic rings.